The molecule has 0 unspecified atom stereocenters. The van der Waals surface area contributed by atoms with Crippen molar-refractivity contribution in [1.82, 2.24) is 9.97 Å². The normalized spacial score (nSPS) is 10.5. The molecule has 0 amide bonds. The number of nitrogens with one attached hydrogen (secondary N) is 1. The third-order valence-electron chi connectivity index (χ3n) is 1.53. The van der Waals surface area contributed by atoms with Crippen LogP contribution in [-0.4, -0.2) is 17.4 Å². The maximum Gasteiger partial charge on any atom is 0.150 e. The van der Waals surface area contributed by atoms with Crippen LogP contribution in [-0.2, 0) is 0 Å². The molecule has 0 atom stereocenters. The number of halogens is 1. The molecule has 0 aliphatic heterocycles. The Hall–Kier alpha value is -0.283. The topological polar surface area (TPSA) is 28.7 Å². The summed E-state index contributed by atoms with van der Waals surface area (Å²) in [6.45, 7) is 6.60. The minimum atomic E-state index is -1.21. The number of imidazole rings is 1. The van der Waals surface area contributed by atoms with Crippen molar-refractivity contribution in [1.29, 1.82) is 0 Å². The highest BCUT2D eigenvalue weighted by molar-refractivity contribution is 7.19. The number of H-pyrrole nitrogens is 1. The van der Waals surface area contributed by atoms with Crippen LogP contribution < -0.4 is 0 Å². The van der Waals surface area contributed by atoms with Gasteiger partial charge in [-0.25, -0.2) is 4.98 Å². The number of nitrogens with zero attached hydrogens (tertiary/aromatic N) is 1. The second-order valence-electron chi connectivity index (χ2n) is 3.58. The average Bonchev–Trinajstić information content (AvgIpc) is 2.56. The summed E-state index contributed by atoms with van der Waals surface area (Å²) in [6, 6.07) is 1.27. The molecule has 1 aromatic heterocycles. The second-order valence-corrected chi connectivity index (χ2v) is 10.6. The fourth-order valence-corrected chi connectivity index (χ4v) is 2.41. The minimum Gasteiger partial charge on any atom is -0.351 e. The first-order chi connectivity index (χ1) is 6.06. The molecule has 1 rings (SSSR count). The second kappa shape index (κ2) is 7.15. The fraction of sp³-hybridized carbons (Fsp3) is 0.667. The lowest BCUT2D eigenvalue weighted by atomic mass is 10.4. The molecular formula is C9H19ClN2Si. The number of aromatic amines is 1. The SMILES string of the molecule is CCCC[Si](C)(C)Cl.c1c[nH]cn1. The summed E-state index contributed by atoms with van der Waals surface area (Å²) in [7, 11) is -1.21. The van der Waals surface area contributed by atoms with Gasteiger partial charge in [0, 0.05) is 12.4 Å². The fourth-order valence-electron chi connectivity index (χ4n) is 0.812. The van der Waals surface area contributed by atoms with Crippen molar-refractivity contribution in [2.24, 2.45) is 0 Å². The van der Waals surface area contributed by atoms with Crippen molar-refractivity contribution in [2.45, 2.75) is 38.9 Å². The van der Waals surface area contributed by atoms with Gasteiger partial charge >= 0.3 is 0 Å². The van der Waals surface area contributed by atoms with Crippen LogP contribution in [0.4, 0.5) is 0 Å². The molecule has 0 fully saturated rings. The van der Waals surface area contributed by atoms with Crippen LogP contribution in [0.25, 0.3) is 0 Å². The van der Waals surface area contributed by atoms with Crippen LogP contribution in [0.5, 0.6) is 0 Å². The third kappa shape index (κ3) is 11.7. The number of aromatic nitrogens is 2. The van der Waals surface area contributed by atoms with Gasteiger partial charge in [0.05, 0.1) is 6.33 Å². The smallest absolute Gasteiger partial charge is 0.150 e. The van der Waals surface area contributed by atoms with Gasteiger partial charge in [0.1, 0.15) is 7.38 Å². The molecule has 1 aromatic rings. The Bertz CT molecular complexity index is 165. The van der Waals surface area contributed by atoms with Gasteiger partial charge < -0.3 is 4.98 Å². The highest BCUT2D eigenvalue weighted by atomic mass is 35.6. The lowest BCUT2D eigenvalue weighted by Crippen LogP contribution is -2.14. The summed E-state index contributed by atoms with van der Waals surface area (Å²) < 4.78 is 0. The monoisotopic (exact) mass is 218 g/mol. The van der Waals surface area contributed by atoms with Crippen LogP contribution in [0.15, 0.2) is 18.7 Å². The molecule has 0 saturated heterocycles. The Morgan fingerprint density at radius 2 is 2.15 bits per heavy atom. The zero-order valence-corrected chi connectivity index (χ0v) is 10.4. The maximum atomic E-state index is 6.05. The summed E-state index contributed by atoms with van der Waals surface area (Å²) >= 11 is 6.05. The maximum absolute atomic E-state index is 6.05. The van der Waals surface area contributed by atoms with E-state index in [-0.39, 0.29) is 0 Å². The Balaban J connectivity index is 0.000000243. The Labute approximate surface area is 86.4 Å². The zero-order chi connectivity index (χ0) is 10.2. The number of hydrogen-bond donors (Lipinski definition) is 1. The van der Waals surface area contributed by atoms with E-state index in [1.807, 2.05) is 0 Å². The van der Waals surface area contributed by atoms with Gasteiger partial charge in [-0.15, -0.1) is 0 Å². The molecule has 4 heteroatoms. The minimum absolute atomic E-state index is 1.21. The Kier molecular flexibility index (Phi) is 7.00. The lowest BCUT2D eigenvalue weighted by molar-refractivity contribution is 0.873. The van der Waals surface area contributed by atoms with Gasteiger partial charge in [0.15, 0.2) is 0 Å². The van der Waals surface area contributed by atoms with E-state index >= 15 is 0 Å². The van der Waals surface area contributed by atoms with E-state index in [2.05, 4.69) is 30.0 Å². The number of rotatable bonds is 3. The van der Waals surface area contributed by atoms with Crippen molar-refractivity contribution >= 4 is 18.5 Å². The quantitative estimate of drug-likeness (QED) is 0.609. The average molecular weight is 219 g/mol. The van der Waals surface area contributed by atoms with Gasteiger partial charge in [-0.05, 0) is 6.04 Å². The largest absolute Gasteiger partial charge is 0.351 e. The van der Waals surface area contributed by atoms with E-state index in [1.165, 1.54) is 18.9 Å². The summed E-state index contributed by atoms with van der Waals surface area (Å²) in [5.41, 5.74) is 0. The van der Waals surface area contributed by atoms with E-state index in [4.69, 9.17) is 11.1 Å². The van der Waals surface area contributed by atoms with Crippen molar-refractivity contribution in [3.8, 4) is 0 Å². The summed E-state index contributed by atoms with van der Waals surface area (Å²) in [6.07, 6.45) is 7.67. The van der Waals surface area contributed by atoms with Gasteiger partial charge in [-0.3, -0.25) is 0 Å². The number of hydrogen-bond acceptors (Lipinski definition) is 1. The van der Waals surface area contributed by atoms with Crippen LogP contribution in [0.2, 0.25) is 19.1 Å². The van der Waals surface area contributed by atoms with Crippen LogP contribution in [0.3, 0.4) is 0 Å². The molecule has 13 heavy (non-hydrogen) atoms. The molecule has 0 bridgehead atoms. The predicted octanol–water partition coefficient (Wildman–Crippen LogP) is 3.64. The Morgan fingerprint density at radius 3 is 2.31 bits per heavy atom. The predicted molar refractivity (Wildman–Crippen MR) is 61.6 cm³/mol. The van der Waals surface area contributed by atoms with E-state index in [0.29, 0.717) is 0 Å². The van der Waals surface area contributed by atoms with Crippen molar-refractivity contribution in [3.63, 3.8) is 0 Å². The lowest BCUT2D eigenvalue weighted by Gasteiger charge is -2.10. The summed E-state index contributed by atoms with van der Waals surface area (Å²) in [5.74, 6) is 0. The van der Waals surface area contributed by atoms with E-state index in [1.54, 1.807) is 18.7 Å². The molecule has 0 radical (unpaired) electrons. The van der Waals surface area contributed by atoms with E-state index in [0.717, 1.165) is 0 Å². The molecule has 0 saturated carbocycles. The molecule has 2 nitrogen and oxygen atoms in total. The summed E-state index contributed by atoms with van der Waals surface area (Å²) in [4.78, 5) is 6.42. The van der Waals surface area contributed by atoms with Gasteiger partial charge in [-0.2, -0.15) is 11.1 Å². The third-order valence-corrected chi connectivity index (χ3v) is 3.64. The Morgan fingerprint density at radius 1 is 1.46 bits per heavy atom. The standard InChI is InChI=1S/C6H15ClSi.C3H4N2/c1-4-5-6-8(2,3)7;1-2-5-3-4-1/h4-6H2,1-3H3;1-3H,(H,4,5). The van der Waals surface area contributed by atoms with Crippen molar-refractivity contribution in [2.75, 3.05) is 0 Å². The van der Waals surface area contributed by atoms with E-state index in [9.17, 15) is 0 Å². The van der Waals surface area contributed by atoms with E-state index < -0.39 is 7.38 Å². The van der Waals surface area contributed by atoms with Crippen LogP contribution >= 0.6 is 11.1 Å². The molecule has 0 aliphatic rings. The van der Waals surface area contributed by atoms with Crippen LogP contribution in [0, 0.1) is 0 Å². The molecule has 1 N–H and O–H groups in total. The van der Waals surface area contributed by atoms with Gasteiger partial charge in [0.2, 0.25) is 0 Å². The number of unbranched alkanes of at least 4 members (excludes halogenated alkanes) is 1. The first-order valence-electron chi connectivity index (χ1n) is 4.68. The zero-order valence-electron chi connectivity index (χ0n) is 8.68. The molecule has 0 aliphatic carbocycles. The molecule has 0 spiro atoms. The van der Waals surface area contributed by atoms with Crippen molar-refractivity contribution in [3.05, 3.63) is 18.7 Å². The highest BCUT2D eigenvalue weighted by Crippen LogP contribution is 2.16. The molecule has 76 valence electrons. The first kappa shape index (κ1) is 12.7. The van der Waals surface area contributed by atoms with Gasteiger partial charge in [0.25, 0.3) is 0 Å². The van der Waals surface area contributed by atoms with Crippen molar-refractivity contribution < 1.29 is 0 Å². The van der Waals surface area contributed by atoms with Crippen LogP contribution in [0.1, 0.15) is 19.8 Å². The molecular weight excluding hydrogens is 200 g/mol. The first-order valence-corrected chi connectivity index (χ1v) is 8.90. The molecule has 1 heterocycles. The molecule has 0 aromatic carbocycles. The summed E-state index contributed by atoms with van der Waals surface area (Å²) in [5, 5.41) is 0. The highest BCUT2D eigenvalue weighted by Gasteiger charge is 2.14. The van der Waals surface area contributed by atoms with Gasteiger partial charge in [-0.1, -0.05) is 32.9 Å².